The number of quaternary nitrogens is 1. The van der Waals surface area contributed by atoms with Crippen LogP contribution in [0.2, 0.25) is 0 Å². The first kappa shape index (κ1) is 75.9. The van der Waals surface area contributed by atoms with E-state index in [1.807, 2.05) is 27.2 Å². The van der Waals surface area contributed by atoms with Crippen LogP contribution >= 0.6 is 7.82 Å². The lowest BCUT2D eigenvalue weighted by Crippen LogP contribution is -2.45. The third-order valence-electron chi connectivity index (χ3n) is 14.9. The molecule has 0 aliphatic carbocycles. The number of unbranched alkanes of at least 4 members (excludes halogenated alkanes) is 38. The van der Waals surface area contributed by atoms with Gasteiger partial charge >= 0.3 is 7.82 Å². The fraction of sp³-hybridized carbons (Fsp3) is 0.812. The number of phosphoric acid groups is 1. The standard InChI is InChI=1S/C69H129N2O6P/c1-6-8-10-12-14-16-18-20-22-24-26-28-30-31-32-33-34-35-36-37-38-39-41-43-45-47-49-51-53-55-57-59-61-63-69(73)70-67(66-77-78(74,75)76-65-64-71(3,4)5)68(72)62-60-58-56-54-52-50-48-46-44-42-40-29-27-25-23-21-19-17-15-13-11-9-7-2/h18,20,24,26,30-31,44,46,52,54,60,62,67-68,72H,6-17,19,21-23,25,27-29,32-43,45,47-51,53,55-59,61,63-66H2,1-5H3,(H-,70,73,74,75)/p+1/b20-18-,26-24-,31-30-,46-44+,54-52+,62-60+. The van der Waals surface area contributed by atoms with Gasteiger partial charge in [-0.25, -0.2) is 4.57 Å². The Morgan fingerprint density at radius 2 is 0.744 bits per heavy atom. The second-order valence-corrected chi connectivity index (χ2v) is 25.3. The zero-order valence-electron chi connectivity index (χ0n) is 52.2. The molecule has 3 atom stereocenters. The van der Waals surface area contributed by atoms with Crippen molar-refractivity contribution < 1.29 is 32.9 Å². The van der Waals surface area contributed by atoms with Crippen LogP contribution in [-0.4, -0.2) is 73.4 Å². The summed E-state index contributed by atoms with van der Waals surface area (Å²) in [6.45, 7) is 4.81. The van der Waals surface area contributed by atoms with Crippen LogP contribution < -0.4 is 5.32 Å². The molecule has 1 amide bonds. The maximum atomic E-state index is 13.0. The molecule has 9 heteroatoms. The summed E-state index contributed by atoms with van der Waals surface area (Å²) in [5.41, 5.74) is 0. The van der Waals surface area contributed by atoms with E-state index in [1.165, 1.54) is 231 Å². The summed E-state index contributed by atoms with van der Waals surface area (Å²) >= 11 is 0. The monoisotopic (exact) mass is 1110 g/mol. The Labute approximate surface area is 484 Å². The van der Waals surface area contributed by atoms with Gasteiger partial charge in [-0.2, -0.15) is 0 Å². The quantitative estimate of drug-likeness (QED) is 0.0243. The zero-order chi connectivity index (χ0) is 57.0. The molecule has 0 aliphatic heterocycles. The summed E-state index contributed by atoms with van der Waals surface area (Å²) in [4.78, 5) is 23.4. The molecule has 0 fully saturated rings. The predicted octanol–water partition coefficient (Wildman–Crippen LogP) is 21.0. The molecule has 78 heavy (non-hydrogen) atoms. The number of likely N-dealkylation sites (N-methyl/N-ethyl adjacent to an activating group) is 1. The Kier molecular flexibility index (Phi) is 58.0. The third-order valence-corrected chi connectivity index (χ3v) is 15.9. The van der Waals surface area contributed by atoms with Gasteiger partial charge in [-0.1, -0.05) is 292 Å². The van der Waals surface area contributed by atoms with Crippen LogP contribution in [0.4, 0.5) is 0 Å². The second-order valence-electron chi connectivity index (χ2n) is 23.8. The summed E-state index contributed by atoms with van der Waals surface area (Å²) < 4.78 is 23.8. The molecule has 8 nitrogen and oxygen atoms in total. The second kappa shape index (κ2) is 59.6. The van der Waals surface area contributed by atoms with E-state index in [2.05, 4.69) is 79.9 Å². The molecule has 0 heterocycles. The lowest BCUT2D eigenvalue weighted by Gasteiger charge is -2.25. The van der Waals surface area contributed by atoms with Crippen molar-refractivity contribution in [1.82, 2.24) is 5.32 Å². The van der Waals surface area contributed by atoms with Crippen LogP contribution in [0.5, 0.6) is 0 Å². The van der Waals surface area contributed by atoms with Gasteiger partial charge in [-0.15, -0.1) is 0 Å². The van der Waals surface area contributed by atoms with E-state index < -0.39 is 20.0 Å². The highest BCUT2D eigenvalue weighted by Crippen LogP contribution is 2.43. The molecule has 0 aromatic rings. The minimum atomic E-state index is -4.37. The number of nitrogens with one attached hydrogen (secondary N) is 1. The predicted molar refractivity (Wildman–Crippen MR) is 341 cm³/mol. The highest BCUT2D eigenvalue weighted by molar-refractivity contribution is 7.47. The summed E-state index contributed by atoms with van der Waals surface area (Å²) in [6, 6.07) is -0.873. The first-order valence-corrected chi connectivity index (χ1v) is 34.8. The number of carbonyl (C=O) groups excluding carboxylic acids is 1. The maximum absolute atomic E-state index is 13.0. The molecule has 0 aliphatic rings. The van der Waals surface area contributed by atoms with Crippen LogP contribution in [0, 0.1) is 0 Å². The first-order chi connectivity index (χ1) is 38.0. The van der Waals surface area contributed by atoms with Gasteiger partial charge in [0.05, 0.1) is 39.9 Å². The van der Waals surface area contributed by atoms with Crippen molar-refractivity contribution in [3.05, 3.63) is 72.9 Å². The van der Waals surface area contributed by atoms with E-state index in [4.69, 9.17) is 9.05 Å². The highest BCUT2D eigenvalue weighted by atomic mass is 31.2. The third kappa shape index (κ3) is 61.6. The van der Waals surface area contributed by atoms with Crippen molar-refractivity contribution in [2.45, 2.75) is 321 Å². The molecule has 3 N–H and O–H groups in total. The largest absolute Gasteiger partial charge is 0.472 e. The van der Waals surface area contributed by atoms with Crippen molar-refractivity contribution in [3.8, 4) is 0 Å². The number of carbonyl (C=O) groups is 1. The Balaban J connectivity index is 4.13. The minimum Gasteiger partial charge on any atom is -0.387 e. The Hall–Kier alpha value is -2.06. The van der Waals surface area contributed by atoms with Crippen molar-refractivity contribution >= 4 is 13.7 Å². The highest BCUT2D eigenvalue weighted by Gasteiger charge is 2.28. The number of aliphatic hydroxyl groups is 1. The van der Waals surface area contributed by atoms with Gasteiger partial charge in [0.25, 0.3) is 0 Å². The van der Waals surface area contributed by atoms with E-state index in [9.17, 15) is 19.4 Å². The molecule has 0 saturated heterocycles. The molecule has 456 valence electrons. The van der Waals surface area contributed by atoms with E-state index in [0.29, 0.717) is 17.4 Å². The number of allylic oxidation sites excluding steroid dienone is 11. The Morgan fingerprint density at radius 1 is 0.436 bits per heavy atom. The molecule has 0 saturated carbocycles. The van der Waals surface area contributed by atoms with Gasteiger partial charge in [-0.3, -0.25) is 13.8 Å². The van der Waals surface area contributed by atoms with Gasteiger partial charge in [0.1, 0.15) is 13.2 Å². The molecule has 0 bridgehead atoms. The van der Waals surface area contributed by atoms with Crippen molar-refractivity contribution in [2.75, 3.05) is 40.9 Å². The van der Waals surface area contributed by atoms with Gasteiger partial charge in [0.15, 0.2) is 0 Å². The molecule has 0 spiro atoms. The smallest absolute Gasteiger partial charge is 0.387 e. The SMILES string of the molecule is CCCCCCC/C=C\C/C=C\C/C=C\CCCCCCCCCCCCCCCCCCCCC(=O)NC(COP(=O)(O)OCC[N+](C)(C)C)C(O)/C=C/CC/C=C/CC/C=C/CCCCCCCCCCCCCCC. The normalized spacial score (nSPS) is 14.2. The van der Waals surface area contributed by atoms with Crippen molar-refractivity contribution in [3.63, 3.8) is 0 Å². The first-order valence-electron chi connectivity index (χ1n) is 33.3. The number of phosphoric ester groups is 1. The molecule has 3 unspecified atom stereocenters. The van der Waals surface area contributed by atoms with Gasteiger partial charge < -0.3 is 19.8 Å². The minimum absolute atomic E-state index is 0.0525. The van der Waals surface area contributed by atoms with Crippen LogP contribution in [0.15, 0.2) is 72.9 Å². The average molecular weight is 1110 g/mol. The lowest BCUT2D eigenvalue weighted by molar-refractivity contribution is -0.870. The number of amides is 1. The van der Waals surface area contributed by atoms with Gasteiger partial charge in [0, 0.05) is 6.42 Å². The molecule has 0 radical (unpaired) electrons. The maximum Gasteiger partial charge on any atom is 0.472 e. The van der Waals surface area contributed by atoms with E-state index in [1.54, 1.807) is 6.08 Å². The van der Waals surface area contributed by atoms with Gasteiger partial charge in [-0.05, 0) is 83.5 Å². The van der Waals surface area contributed by atoms with Crippen molar-refractivity contribution in [1.29, 1.82) is 0 Å². The van der Waals surface area contributed by atoms with Crippen LogP contribution in [0.25, 0.3) is 0 Å². The molecular weight excluding hydrogens is 984 g/mol. The Morgan fingerprint density at radius 3 is 1.12 bits per heavy atom. The average Bonchev–Trinajstić information content (AvgIpc) is 3.41. The van der Waals surface area contributed by atoms with Gasteiger partial charge in [0.2, 0.25) is 5.91 Å². The number of aliphatic hydroxyl groups excluding tert-OH is 1. The number of hydrogen-bond acceptors (Lipinski definition) is 5. The molecule has 0 aromatic carbocycles. The summed E-state index contributed by atoms with van der Waals surface area (Å²) in [5, 5.41) is 14.0. The van der Waals surface area contributed by atoms with Crippen LogP contribution in [-0.2, 0) is 18.4 Å². The summed E-state index contributed by atoms with van der Waals surface area (Å²) in [5.74, 6) is -0.188. The fourth-order valence-electron chi connectivity index (χ4n) is 9.67. The topological polar surface area (TPSA) is 105 Å². The van der Waals surface area contributed by atoms with Crippen LogP contribution in [0.1, 0.15) is 309 Å². The molecule has 0 aromatic heterocycles. The molecule has 0 rings (SSSR count). The van der Waals surface area contributed by atoms with Crippen LogP contribution in [0.3, 0.4) is 0 Å². The lowest BCUT2D eigenvalue weighted by atomic mass is 10.0. The number of nitrogens with zero attached hydrogens (tertiary/aromatic N) is 1. The van der Waals surface area contributed by atoms with E-state index in [0.717, 1.165) is 57.8 Å². The summed E-state index contributed by atoms with van der Waals surface area (Å²) in [6.07, 6.45) is 83.3. The fourth-order valence-corrected chi connectivity index (χ4v) is 10.4. The van der Waals surface area contributed by atoms with E-state index in [-0.39, 0.29) is 19.1 Å². The number of hydrogen-bond donors (Lipinski definition) is 3. The van der Waals surface area contributed by atoms with Crippen molar-refractivity contribution in [2.24, 2.45) is 0 Å². The van der Waals surface area contributed by atoms with E-state index >= 15 is 0 Å². The Bertz CT molecular complexity index is 1500. The zero-order valence-corrected chi connectivity index (χ0v) is 53.0. The summed E-state index contributed by atoms with van der Waals surface area (Å²) in [7, 11) is 1.55. The molecular formula is C69H130N2O6P+. The number of rotatable bonds is 61.